The molecule has 3 heteroatoms. The topological polar surface area (TPSA) is 3.24 Å². The maximum Gasteiger partial charge on any atom is 0.133 e. The van der Waals surface area contributed by atoms with Gasteiger partial charge in [0.15, 0.2) is 0 Å². The summed E-state index contributed by atoms with van der Waals surface area (Å²) in [4.78, 5) is 2.13. The monoisotopic (exact) mass is 225 g/mol. The van der Waals surface area contributed by atoms with Crippen LogP contribution in [-0.2, 0) is 6.54 Å². The van der Waals surface area contributed by atoms with Gasteiger partial charge in [0.25, 0.3) is 0 Å². The van der Waals surface area contributed by atoms with E-state index in [-0.39, 0.29) is 11.4 Å². The quantitative estimate of drug-likeness (QED) is 0.746. The molecule has 0 bridgehead atoms. The third-order valence-electron chi connectivity index (χ3n) is 3.21. The van der Waals surface area contributed by atoms with E-state index >= 15 is 0 Å². The predicted octanol–water partition coefficient (Wildman–Crippen LogP) is 3.26. The van der Waals surface area contributed by atoms with Crippen molar-refractivity contribution in [2.24, 2.45) is 0 Å². The van der Waals surface area contributed by atoms with E-state index in [0.29, 0.717) is 12.1 Å². The molecule has 1 heterocycles. The summed E-state index contributed by atoms with van der Waals surface area (Å²) >= 11 is 0. The number of aryl methyl sites for hydroxylation is 1. The van der Waals surface area contributed by atoms with Crippen molar-refractivity contribution in [3.8, 4) is 0 Å². The zero-order valence-electron chi connectivity index (χ0n) is 9.60. The molecular weight excluding hydrogens is 208 g/mol. The van der Waals surface area contributed by atoms with Crippen molar-refractivity contribution in [2.75, 3.05) is 13.1 Å². The van der Waals surface area contributed by atoms with Crippen molar-refractivity contribution in [1.29, 1.82) is 0 Å². The lowest BCUT2D eigenvalue weighted by atomic mass is 10.1. The Morgan fingerprint density at radius 2 is 1.81 bits per heavy atom. The summed E-state index contributed by atoms with van der Waals surface area (Å²) < 4.78 is 27.3. The van der Waals surface area contributed by atoms with Gasteiger partial charge in [-0.3, -0.25) is 4.90 Å². The molecule has 0 amide bonds. The molecule has 1 nitrogen and oxygen atoms in total. The number of likely N-dealkylation sites (tertiary alicyclic amines) is 1. The maximum absolute atomic E-state index is 13.8. The molecule has 1 fully saturated rings. The average molecular weight is 225 g/mol. The number of piperidine rings is 1. The third kappa shape index (κ3) is 2.40. The fourth-order valence-corrected chi connectivity index (χ4v) is 2.20. The van der Waals surface area contributed by atoms with Crippen LogP contribution in [0.15, 0.2) is 12.1 Å². The van der Waals surface area contributed by atoms with Gasteiger partial charge in [0.2, 0.25) is 0 Å². The van der Waals surface area contributed by atoms with Crippen LogP contribution in [0.5, 0.6) is 0 Å². The van der Waals surface area contributed by atoms with E-state index in [4.69, 9.17) is 0 Å². The summed E-state index contributed by atoms with van der Waals surface area (Å²) in [6.07, 6.45) is 3.50. The largest absolute Gasteiger partial charge is 0.299 e. The Balaban J connectivity index is 2.16. The Morgan fingerprint density at radius 3 is 2.50 bits per heavy atom. The number of hydrogen-bond acceptors (Lipinski definition) is 1. The highest BCUT2D eigenvalue weighted by atomic mass is 19.1. The Labute approximate surface area is 95.1 Å². The Hall–Kier alpha value is -0.960. The van der Waals surface area contributed by atoms with Gasteiger partial charge in [0.05, 0.1) is 0 Å². The third-order valence-corrected chi connectivity index (χ3v) is 3.21. The number of rotatable bonds is 2. The molecule has 1 aliphatic rings. The molecule has 0 unspecified atom stereocenters. The fraction of sp³-hybridized carbons (Fsp3) is 0.538. The van der Waals surface area contributed by atoms with Crippen LogP contribution in [0.25, 0.3) is 0 Å². The van der Waals surface area contributed by atoms with Gasteiger partial charge in [-0.2, -0.15) is 0 Å². The fourth-order valence-electron chi connectivity index (χ4n) is 2.20. The molecule has 1 aromatic carbocycles. The average Bonchev–Trinajstić information content (AvgIpc) is 2.31. The molecule has 0 radical (unpaired) electrons. The molecular formula is C13H17F2N. The van der Waals surface area contributed by atoms with Crippen LogP contribution < -0.4 is 0 Å². The number of nitrogens with zero attached hydrogens (tertiary/aromatic N) is 1. The van der Waals surface area contributed by atoms with Crippen LogP contribution in [-0.4, -0.2) is 18.0 Å². The van der Waals surface area contributed by atoms with Gasteiger partial charge in [-0.05, 0) is 44.5 Å². The van der Waals surface area contributed by atoms with E-state index in [1.165, 1.54) is 18.6 Å². The van der Waals surface area contributed by atoms with Crippen LogP contribution in [0.1, 0.15) is 30.4 Å². The second kappa shape index (κ2) is 4.91. The highest BCUT2D eigenvalue weighted by molar-refractivity contribution is 5.26. The molecule has 16 heavy (non-hydrogen) atoms. The van der Waals surface area contributed by atoms with Gasteiger partial charge in [-0.25, -0.2) is 8.78 Å². The lowest BCUT2D eigenvalue weighted by molar-refractivity contribution is 0.215. The summed E-state index contributed by atoms with van der Waals surface area (Å²) in [6.45, 7) is 3.98. The minimum atomic E-state index is -0.423. The zero-order chi connectivity index (χ0) is 11.5. The Kier molecular flexibility index (Phi) is 3.54. The number of halogens is 2. The van der Waals surface area contributed by atoms with E-state index in [1.807, 2.05) is 0 Å². The number of benzene rings is 1. The minimum absolute atomic E-state index is 0.224. The van der Waals surface area contributed by atoms with Gasteiger partial charge in [-0.15, -0.1) is 0 Å². The summed E-state index contributed by atoms with van der Waals surface area (Å²) in [5.41, 5.74) is 0.746. The molecule has 0 saturated carbocycles. The number of hydrogen-bond donors (Lipinski definition) is 0. The molecule has 0 atom stereocenters. The first-order chi connectivity index (χ1) is 7.68. The maximum atomic E-state index is 13.8. The molecule has 0 aliphatic carbocycles. The van der Waals surface area contributed by atoms with Gasteiger partial charge in [0, 0.05) is 12.1 Å². The first-order valence-electron chi connectivity index (χ1n) is 5.84. The molecule has 0 spiro atoms. The lowest BCUT2D eigenvalue weighted by Gasteiger charge is -2.26. The first-order valence-corrected chi connectivity index (χ1v) is 5.84. The van der Waals surface area contributed by atoms with Crippen LogP contribution >= 0.6 is 0 Å². The molecule has 0 N–H and O–H groups in total. The van der Waals surface area contributed by atoms with Crippen LogP contribution in [0.3, 0.4) is 0 Å². The second-order valence-electron chi connectivity index (χ2n) is 4.49. The van der Waals surface area contributed by atoms with Gasteiger partial charge in [0.1, 0.15) is 11.6 Å². The first kappa shape index (κ1) is 11.5. The van der Waals surface area contributed by atoms with Crippen molar-refractivity contribution in [3.63, 3.8) is 0 Å². The summed E-state index contributed by atoms with van der Waals surface area (Å²) in [7, 11) is 0. The molecule has 1 aliphatic heterocycles. The standard InChI is InChI=1S/C13H17F2N/c1-10-5-6-12(14)11(13(10)15)9-16-7-3-2-4-8-16/h5-6H,2-4,7-9H2,1H3. The summed E-state index contributed by atoms with van der Waals surface area (Å²) in [6, 6.07) is 2.85. The Bertz CT molecular complexity index is 370. The molecule has 1 aromatic rings. The van der Waals surface area contributed by atoms with Gasteiger partial charge >= 0.3 is 0 Å². The normalized spacial score (nSPS) is 17.7. The van der Waals surface area contributed by atoms with Crippen molar-refractivity contribution in [3.05, 3.63) is 34.9 Å². The lowest BCUT2D eigenvalue weighted by Crippen LogP contribution is -2.30. The van der Waals surface area contributed by atoms with E-state index in [9.17, 15) is 8.78 Å². The summed E-state index contributed by atoms with van der Waals surface area (Å²) in [5.74, 6) is -0.806. The van der Waals surface area contributed by atoms with E-state index < -0.39 is 5.82 Å². The van der Waals surface area contributed by atoms with Crippen LogP contribution in [0.2, 0.25) is 0 Å². The Morgan fingerprint density at radius 1 is 1.12 bits per heavy atom. The molecule has 1 saturated heterocycles. The van der Waals surface area contributed by atoms with Crippen LogP contribution in [0, 0.1) is 18.6 Å². The van der Waals surface area contributed by atoms with Gasteiger partial charge in [-0.1, -0.05) is 12.5 Å². The van der Waals surface area contributed by atoms with Crippen molar-refractivity contribution in [1.82, 2.24) is 4.90 Å². The SMILES string of the molecule is Cc1ccc(F)c(CN2CCCCC2)c1F. The van der Waals surface area contributed by atoms with E-state index in [2.05, 4.69) is 4.90 Å². The smallest absolute Gasteiger partial charge is 0.133 e. The summed E-state index contributed by atoms with van der Waals surface area (Å²) in [5, 5.41) is 0. The molecule has 88 valence electrons. The van der Waals surface area contributed by atoms with Gasteiger partial charge < -0.3 is 0 Å². The predicted molar refractivity (Wildman–Crippen MR) is 60.2 cm³/mol. The molecule has 0 aromatic heterocycles. The zero-order valence-corrected chi connectivity index (χ0v) is 9.60. The highest BCUT2D eigenvalue weighted by Gasteiger charge is 2.16. The minimum Gasteiger partial charge on any atom is -0.299 e. The van der Waals surface area contributed by atoms with Crippen molar-refractivity contribution < 1.29 is 8.78 Å². The van der Waals surface area contributed by atoms with Crippen molar-refractivity contribution >= 4 is 0 Å². The van der Waals surface area contributed by atoms with E-state index in [1.54, 1.807) is 6.92 Å². The molecule has 2 rings (SSSR count). The van der Waals surface area contributed by atoms with Crippen molar-refractivity contribution in [2.45, 2.75) is 32.7 Å². The second-order valence-corrected chi connectivity index (χ2v) is 4.49. The van der Waals surface area contributed by atoms with Crippen LogP contribution in [0.4, 0.5) is 8.78 Å². The van der Waals surface area contributed by atoms with E-state index in [0.717, 1.165) is 25.9 Å². The highest BCUT2D eigenvalue weighted by Crippen LogP contribution is 2.20.